The van der Waals surface area contributed by atoms with Crippen LogP contribution in [0.3, 0.4) is 0 Å². The van der Waals surface area contributed by atoms with Gasteiger partial charge in [-0.15, -0.1) is 0 Å². The molecule has 1 aromatic heterocycles. The van der Waals surface area contributed by atoms with Gasteiger partial charge in [0.15, 0.2) is 4.80 Å². The second kappa shape index (κ2) is 11.5. The Morgan fingerprint density at radius 3 is 2.46 bits per heavy atom. The summed E-state index contributed by atoms with van der Waals surface area (Å²) in [6.07, 6.45) is 1.88. The van der Waals surface area contributed by atoms with Crippen molar-refractivity contribution >= 4 is 45.0 Å². The minimum Gasteiger partial charge on any atom is -0.496 e. The van der Waals surface area contributed by atoms with E-state index in [1.165, 1.54) is 11.3 Å². The number of nitrogens with zero attached hydrogens (tertiary/aromatic N) is 3. The number of ether oxygens (including phenoxy) is 2. The lowest BCUT2D eigenvalue weighted by atomic mass is 9.96. The molecule has 0 N–H and O–H groups in total. The van der Waals surface area contributed by atoms with Crippen LogP contribution in [0.25, 0.3) is 6.08 Å². The van der Waals surface area contributed by atoms with Gasteiger partial charge < -0.3 is 14.4 Å². The van der Waals surface area contributed by atoms with E-state index in [2.05, 4.69) is 51.8 Å². The summed E-state index contributed by atoms with van der Waals surface area (Å²) in [6.45, 7) is 9.87. The molecule has 3 aromatic rings. The van der Waals surface area contributed by atoms with Crippen molar-refractivity contribution in [2.24, 2.45) is 4.99 Å². The van der Waals surface area contributed by atoms with Crippen LogP contribution in [0.1, 0.15) is 44.9 Å². The summed E-state index contributed by atoms with van der Waals surface area (Å²) in [5, 5.41) is 0. The lowest BCUT2D eigenvalue weighted by molar-refractivity contribution is -0.139. The number of benzene rings is 2. The minimum atomic E-state index is -0.676. The summed E-state index contributed by atoms with van der Waals surface area (Å²) in [5.74, 6) is 0.171. The third-order valence-electron chi connectivity index (χ3n) is 6.33. The lowest BCUT2D eigenvalue weighted by Gasteiger charge is -2.25. The van der Waals surface area contributed by atoms with Crippen LogP contribution >= 0.6 is 27.3 Å². The second-order valence-electron chi connectivity index (χ2n) is 8.46. The average molecular weight is 585 g/mol. The number of esters is 1. The average Bonchev–Trinajstić information content (AvgIpc) is 3.19. The van der Waals surface area contributed by atoms with Crippen LogP contribution in [-0.4, -0.2) is 37.3 Å². The Kier molecular flexibility index (Phi) is 8.34. The molecule has 2 aromatic carbocycles. The van der Waals surface area contributed by atoms with E-state index in [1.807, 2.05) is 36.4 Å². The van der Waals surface area contributed by atoms with Crippen LogP contribution < -0.4 is 24.5 Å². The van der Waals surface area contributed by atoms with E-state index in [1.54, 1.807) is 25.5 Å². The first-order valence-electron chi connectivity index (χ1n) is 12.2. The van der Waals surface area contributed by atoms with Gasteiger partial charge in [-0.05, 0) is 85.1 Å². The van der Waals surface area contributed by atoms with Crippen LogP contribution in [0, 0.1) is 0 Å². The van der Waals surface area contributed by atoms with E-state index in [4.69, 9.17) is 9.47 Å². The molecule has 1 aliphatic heterocycles. The molecule has 2 heterocycles. The fourth-order valence-electron chi connectivity index (χ4n) is 4.48. The number of hydrogen-bond donors (Lipinski definition) is 0. The second-order valence-corrected chi connectivity index (χ2v) is 10.3. The number of halogens is 1. The van der Waals surface area contributed by atoms with E-state index in [0.29, 0.717) is 26.4 Å². The van der Waals surface area contributed by atoms with Crippen molar-refractivity contribution in [1.82, 2.24) is 4.57 Å². The van der Waals surface area contributed by atoms with Crippen molar-refractivity contribution in [3.05, 3.63) is 89.0 Å². The molecule has 1 aliphatic rings. The molecule has 37 heavy (non-hydrogen) atoms. The number of aromatic nitrogens is 1. The SMILES string of the molecule is CCOC(=O)C1=C(C)N=c2s/c(=C/c3ccc(N(CC)CC)cc3)c(=O)n2[C@@H]1c1ccc(OC)c(Br)c1. The number of rotatable bonds is 8. The molecule has 7 nitrogen and oxygen atoms in total. The molecule has 9 heteroatoms. The van der Waals surface area contributed by atoms with Crippen molar-refractivity contribution in [2.75, 3.05) is 31.7 Å². The van der Waals surface area contributed by atoms with E-state index in [0.717, 1.165) is 34.4 Å². The number of carbonyl (C=O) groups is 1. The molecule has 0 radical (unpaired) electrons. The quantitative estimate of drug-likeness (QED) is 0.367. The van der Waals surface area contributed by atoms with Crippen molar-refractivity contribution < 1.29 is 14.3 Å². The van der Waals surface area contributed by atoms with Crippen LogP contribution in [0.2, 0.25) is 0 Å². The highest BCUT2D eigenvalue weighted by molar-refractivity contribution is 9.10. The van der Waals surface area contributed by atoms with Gasteiger partial charge in [-0.3, -0.25) is 9.36 Å². The van der Waals surface area contributed by atoms with E-state index in [-0.39, 0.29) is 12.2 Å². The Balaban J connectivity index is 1.87. The monoisotopic (exact) mass is 583 g/mol. The van der Waals surface area contributed by atoms with Crippen LogP contribution in [0.4, 0.5) is 5.69 Å². The molecule has 0 fully saturated rings. The Morgan fingerprint density at radius 2 is 1.86 bits per heavy atom. The molecule has 0 spiro atoms. The zero-order valence-electron chi connectivity index (χ0n) is 21.6. The fraction of sp³-hybridized carbons (Fsp3) is 0.321. The van der Waals surface area contributed by atoms with Gasteiger partial charge in [-0.25, -0.2) is 9.79 Å². The predicted molar refractivity (Wildman–Crippen MR) is 151 cm³/mol. The largest absolute Gasteiger partial charge is 0.496 e. The molecule has 0 amide bonds. The number of allylic oxidation sites excluding steroid dienone is 1. The maximum atomic E-state index is 13.8. The summed E-state index contributed by atoms with van der Waals surface area (Å²) in [6, 6.07) is 13.0. The molecule has 0 saturated heterocycles. The number of carbonyl (C=O) groups excluding carboxylic acids is 1. The molecule has 4 rings (SSSR count). The van der Waals surface area contributed by atoms with Crippen molar-refractivity contribution in [2.45, 2.75) is 33.7 Å². The molecule has 0 saturated carbocycles. The Labute approximate surface area is 228 Å². The molecule has 1 atom stereocenters. The standard InChI is InChI=1S/C28H30BrN3O4S/c1-6-31(7-2)20-12-9-18(10-13-20)15-23-26(33)32-25(19-11-14-22(35-5)21(29)16-19)24(27(34)36-8-3)17(4)30-28(32)37-23/h9-16,25H,6-8H2,1-5H3/b23-15+/t25-/m1/s1. The maximum absolute atomic E-state index is 13.8. The molecule has 0 aliphatic carbocycles. The van der Waals surface area contributed by atoms with E-state index >= 15 is 0 Å². The van der Waals surface area contributed by atoms with Crippen molar-refractivity contribution in [3.8, 4) is 5.75 Å². The lowest BCUT2D eigenvalue weighted by Crippen LogP contribution is -2.39. The fourth-order valence-corrected chi connectivity index (χ4v) is 6.09. The first-order valence-corrected chi connectivity index (χ1v) is 13.8. The Hall–Kier alpha value is -3.17. The summed E-state index contributed by atoms with van der Waals surface area (Å²) in [5.41, 5.74) is 3.49. The smallest absolute Gasteiger partial charge is 0.338 e. The van der Waals surface area contributed by atoms with Gasteiger partial charge in [-0.2, -0.15) is 0 Å². The topological polar surface area (TPSA) is 73.1 Å². The normalized spacial score (nSPS) is 15.3. The number of anilines is 1. The highest BCUT2D eigenvalue weighted by atomic mass is 79.9. The van der Waals surface area contributed by atoms with Gasteiger partial charge in [0.25, 0.3) is 5.56 Å². The predicted octanol–water partition coefficient (Wildman–Crippen LogP) is 4.42. The third-order valence-corrected chi connectivity index (χ3v) is 7.93. The van der Waals surface area contributed by atoms with Gasteiger partial charge in [0.2, 0.25) is 0 Å². The number of hydrogen-bond acceptors (Lipinski definition) is 7. The Morgan fingerprint density at radius 1 is 1.16 bits per heavy atom. The molecule has 0 bridgehead atoms. The summed E-state index contributed by atoms with van der Waals surface area (Å²) in [7, 11) is 1.59. The highest BCUT2D eigenvalue weighted by Crippen LogP contribution is 2.35. The first-order chi connectivity index (χ1) is 17.8. The molecular formula is C28H30BrN3O4S. The van der Waals surface area contributed by atoms with Crippen molar-refractivity contribution in [1.29, 1.82) is 0 Å². The van der Waals surface area contributed by atoms with Gasteiger partial charge in [0, 0.05) is 18.8 Å². The molecular weight excluding hydrogens is 554 g/mol. The van der Waals surface area contributed by atoms with E-state index < -0.39 is 12.0 Å². The number of thiazole rings is 1. The highest BCUT2D eigenvalue weighted by Gasteiger charge is 2.33. The van der Waals surface area contributed by atoms with Crippen LogP contribution in [0.15, 0.2) is 68.0 Å². The summed E-state index contributed by atoms with van der Waals surface area (Å²) in [4.78, 5) is 34.3. The third kappa shape index (κ3) is 5.29. The van der Waals surface area contributed by atoms with Crippen LogP contribution in [0.5, 0.6) is 5.75 Å². The molecule has 0 unspecified atom stereocenters. The summed E-state index contributed by atoms with van der Waals surface area (Å²) < 4.78 is 13.6. The van der Waals surface area contributed by atoms with Gasteiger partial charge in [-0.1, -0.05) is 29.5 Å². The van der Waals surface area contributed by atoms with Gasteiger partial charge >= 0.3 is 5.97 Å². The van der Waals surface area contributed by atoms with E-state index in [9.17, 15) is 9.59 Å². The zero-order valence-corrected chi connectivity index (χ0v) is 24.0. The van der Waals surface area contributed by atoms with Crippen LogP contribution in [-0.2, 0) is 9.53 Å². The summed E-state index contributed by atoms with van der Waals surface area (Å²) >= 11 is 4.85. The van der Waals surface area contributed by atoms with Gasteiger partial charge in [0.1, 0.15) is 5.75 Å². The Bertz CT molecular complexity index is 1520. The van der Waals surface area contributed by atoms with Gasteiger partial charge in [0.05, 0.1) is 40.0 Å². The first kappa shape index (κ1) is 26.9. The minimum absolute atomic E-state index is 0.206. The zero-order chi connectivity index (χ0) is 26.7. The molecule has 194 valence electrons. The van der Waals surface area contributed by atoms with Crippen molar-refractivity contribution in [3.63, 3.8) is 0 Å². The number of methoxy groups -OCH3 is 1. The maximum Gasteiger partial charge on any atom is 0.338 e. The number of fused-ring (bicyclic) bond motifs is 1.